The molecule has 0 aliphatic heterocycles. The number of carbonyl (C=O) groups is 2. The van der Waals surface area contributed by atoms with Crippen molar-refractivity contribution in [2.24, 2.45) is 28.6 Å². The predicted molar refractivity (Wildman–Crippen MR) is 120 cm³/mol. The SMILES string of the molecule is CCCCCCC(=O)O[C@H]1CC[C@H]2[C@@H]3CCC4=C(Cl)C(=O)CC[C@]4(C)[C@H]3CC[C@]12C. The molecule has 0 bridgehead atoms. The number of fused-ring (bicyclic) bond motifs is 5. The fraction of sp³-hybridized carbons (Fsp3) is 0.846. The summed E-state index contributed by atoms with van der Waals surface area (Å²) in [6, 6.07) is 0. The van der Waals surface area contributed by atoms with Gasteiger partial charge in [0.1, 0.15) is 6.10 Å². The van der Waals surface area contributed by atoms with E-state index in [1.165, 1.54) is 31.3 Å². The van der Waals surface area contributed by atoms with Gasteiger partial charge >= 0.3 is 5.97 Å². The van der Waals surface area contributed by atoms with Crippen LogP contribution < -0.4 is 0 Å². The smallest absolute Gasteiger partial charge is 0.306 e. The second kappa shape index (κ2) is 8.60. The van der Waals surface area contributed by atoms with Crippen LogP contribution in [0.1, 0.15) is 104 Å². The molecule has 0 unspecified atom stereocenters. The Balaban J connectivity index is 1.45. The van der Waals surface area contributed by atoms with Gasteiger partial charge in [-0.25, -0.2) is 0 Å². The van der Waals surface area contributed by atoms with Crippen LogP contribution in [0.3, 0.4) is 0 Å². The summed E-state index contributed by atoms with van der Waals surface area (Å²) in [5.41, 5.74) is 1.45. The van der Waals surface area contributed by atoms with E-state index in [4.69, 9.17) is 16.3 Å². The molecule has 3 fully saturated rings. The van der Waals surface area contributed by atoms with E-state index in [1.54, 1.807) is 0 Å². The van der Waals surface area contributed by atoms with Gasteiger partial charge in [0.15, 0.2) is 5.78 Å². The molecule has 4 aliphatic rings. The number of ether oxygens (including phenoxy) is 1. The van der Waals surface area contributed by atoms with E-state index in [9.17, 15) is 9.59 Å². The molecule has 0 aromatic carbocycles. The molecule has 0 aromatic rings. The molecule has 0 spiro atoms. The largest absolute Gasteiger partial charge is 0.462 e. The van der Waals surface area contributed by atoms with E-state index >= 15 is 0 Å². The van der Waals surface area contributed by atoms with E-state index in [-0.39, 0.29) is 28.7 Å². The van der Waals surface area contributed by atoms with E-state index in [1.807, 2.05) is 0 Å². The van der Waals surface area contributed by atoms with Gasteiger partial charge in [-0.3, -0.25) is 9.59 Å². The molecule has 4 rings (SSSR count). The Morgan fingerprint density at radius 1 is 1.03 bits per heavy atom. The van der Waals surface area contributed by atoms with Crippen molar-refractivity contribution in [3.63, 3.8) is 0 Å². The zero-order valence-electron chi connectivity index (χ0n) is 19.1. The fourth-order valence-corrected chi connectivity index (χ4v) is 8.11. The molecule has 0 N–H and O–H groups in total. The third-order valence-corrected chi connectivity index (χ3v) is 9.91. The van der Waals surface area contributed by atoms with Crippen molar-refractivity contribution in [3.05, 3.63) is 10.6 Å². The second-order valence-corrected chi connectivity index (χ2v) is 11.3. The van der Waals surface area contributed by atoms with Gasteiger partial charge in [0.05, 0.1) is 5.03 Å². The average Bonchev–Trinajstić information content (AvgIpc) is 3.05. The highest BCUT2D eigenvalue weighted by Gasteiger charge is 2.60. The van der Waals surface area contributed by atoms with Crippen molar-refractivity contribution in [1.29, 1.82) is 0 Å². The molecule has 0 saturated heterocycles. The molecular formula is C26H39ClO3. The summed E-state index contributed by atoms with van der Waals surface area (Å²) in [4.78, 5) is 24.7. The third-order valence-electron chi connectivity index (χ3n) is 9.47. The molecule has 6 atom stereocenters. The maximum atomic E-state index is 12.5. The standard InChI is InChI=1S/C26H39ClO3/c1-4-5-6-7-8-23(29)30-22-12-11-18-17-9-10-20-24(27)21(28)14-16-25(20,2)19(17)13-15-26(18,22)3/h17-19,22H,4-16H2,1-3H3/t17-,18-,19-,22-,25+,26-/m0/s1. The van der Waals surface area contributed by atoms with Gasteiger partial charge in [0.2, 0.25) is 0 Å². The lowest BCUT2D eigenvalue weighted by atomic mass is 9.47. The quantitative estimate of drug-likeness (QED) is 0.335. The van der Waals surface area contributed by atoms with Gasteiger partial charge in [-0.05, 0) is 80.1 Å². The lowest BCUT2D eigenvalue weighted by Crippen LogP contribution is -2.52. The van der Waals surface area contributed by atoms with E-state index < -0.39 is 0 Å². The lowest BCUT2D eigenvalue weighted by molar-refractivity contribution is -0.160. The molecule has 0 aromatic heterocycles. The van der Waals surface area contributed by atoms with Gasteiger partial charge in [0, 0.05) is 18.3 Å². The van der Waals surface area contributed by atoms with Crippen molar-refractivity contribution in [3.8, 4) is 0 Å². The molecule has 4 heteroatoms. The maximum absolute atomic E-state index is 12.5. The molecule has 3 saturated carbocycles. The van der Waals surface area contributed by atoms with Crippen LogP contribution in [-0.4, -0.2) is 17.9 Å². The van der Waals surface area contributed by atoms with Crippen LogP contribution in [0.2, 0.25) is 0 Å². The van der Waals surface area contributed by atoms with Crippen LogP contribution in [0.15, 0.2) is 10.6 Å². The van der Waals surface area contributed by atoms with Gasteiger partial charge < -0.3 is 4.74 Å². The van der Waals surface area contributed by atoms with Crippen LogP contribution in [0.5, 0.6) is 0 Å². The molecule has 4 aliphatic carbocycles. The topological polar surface area (TPSA) is 43.4 Å². The molecule has 168 valence electrons. The van der Waals surface area contributed by atoms with Gasteiger partial charge in [-0.2, -0.15) is 0 Å². The molecular weight excluding hydrogens is 396 g/mol. The summed E-state index contributed by atoms with van der Waals surface area (Å²) in [6.07, 6.45) is 13.3. The fourth-order valence-electron chi connectivity index (χ4n) is 7.71. The Morgan fingerprint density at radius 2 is 1.83 bits per heavy atom. The summed E-state index contributed by atoms with van der Waals surface area (Å²) in [5.74, 6) is 2.07. The van der Waals surface area contributed by atoms with Crippen molar-refractivity contribution in [2.75, 3.05) is 0 Å². The summed E-state index contributed by atoms with van der Waals surface area (Å²) >= 11 is 6.51. The molecule has 0 heterocycles. The minimum absolute atomic E-state index is 0.0125. The Bertz CT molecular complexity index is 728. The Labute approximate surface area is 187 Å². The molecule has 30 heavy (non-hydrogen) atoms. The highest BCUT2D eigenvalue weighted by atomic mass is 35.5. The van der Waals surface area contributed by atoms with Crippen LogP contribution in [0.4, 0.5) is 0 Å². The number of Topliss-reactive ketones (excluding diaryl/α,β-unsaturated/α-hetero) is 1. The first-order valence-electron chi connectivity index (χ1n) is 12.4. The van der Waals surface area contributed by atoms with Crippen molar-refractivity contribution in [2.45, 2.75) is 110 Å². The van der Waals surface area contributed by atoms with Crippen molar-refractivity contribution in [1.82, 2.24) is 0 Å². The van der Waals surface area contributed by atoms with Crippen LogP contribution in [0.25, 0.3) is 0 Å². The van der Waals surface area contributed by atoms with E-state index in [2.05, 4.69) is 20.8 Å². The van der Waals surface area contributed by atoms with Gasteiger partial charge in [0.25, 0.3) is 0 Å². The van der Waals surface area contributed by atoms with Crippen LogP contribution >= 0.6 is 11.6 Å². The highest BCUT2D eigenvalue weighted by molar-refractivity contribution is 6.43. The summed E-state index contributed by atoms with van der Waals surface area (Å²) in [5, 5.41) is 0.553. The van der Waals surface area contributed by atoms with E-state index in [0.717, 1.165) is 44.9 Å². The summed E-state index contributed by atoms with van der Waals surface area (Å²) < 4.78 is 6.09. The zero-order valence-corrected chi connectivity index (χ0v) is 19.9. The number of unbranched alkanes of at least 4 members (excludes halogenated alkanes) is 3. The highest BCUT2D eigenvalue weighted by Crippen LogP contribution is 2.66. The molecule has 3 nitrogen and oxygen atoms in total. The number of hydrogen-bond donors (Lipinski definition) is 0. The van der Waals surface area contributed by atoms with Crippen molar-refractivity contribution >= 4 is 23.4 Å². The lowest BCUT2D eigenvalue weighted by Gasteiger charge is -2.58. The van der Waals surface area contributed by atoms with Gasteiger partial charge in [-0.15, -0.1) is 0 Å². The Kier molecular flexibility index (Phi) is 6.41. The normalized spacial score (nSPS) is 40.6. The summed E-state index contributed by atoms with van der Waals surface area (Å²) in [7, 11) is 0. The van der Waals surface area contributed by atoms with Crippen LogP contribution in [0, 0.1) is 28.6 Å². The minimum Gasteiger partial charge on any atom is -0.462 e. The Hall–Kier alpha value is -0.830. The first kappa shape index (κ1) is 22.4. The first-order chi connectivity index (χ1) is 14.3. The number of carbonyl (C=O) groups excluding carboxylic acids is 2. The second-order valence-electron chi connectivity index (χ2n) is 11.0. The number of esters is 1. The Morgan fingerprint density at radius 3 is 2.60 bits per heavy atom. The number of rotatable bonds is 6. The number of ketones is 1. The molecule has 0 radical (unpaired) electrons. The monoisotopic (exact) mass is 434 g/mol. The number of halogens is 1. The van der Waals surface area contributed by atoms with Gasteiger partial charge in [-0.1, -0.05) is 51.6 Å². The van der Waals surface area contributed by atoms with Crippen LogP contribution in [-0.2, 0) is 14.3 Å². The molecule has 0 amide bonds. The number of allylic oxidation sites excluding steroid dienone is 1. The first-order valence-corrected chi connectivity index (χ1v) is 12.8. The zero-order chi connectivity index (χ0) is 21.5. The maximum Gasteiger partial charge on any atom is 0.306 e. The predicted octanol–water partition coefficient (Wildman–Crippen LogP) is 6.97. The summed E-state index contributed by atoms with van der Waals surface area (Å²) in [6.45, 7) is 6.96. The number of hydrogen-bond acceptors (Lipinski definition) is 3. The van der Waals surface area contributed by atoms with Crippen molar-refractivity contribution < 1.29 is 14.3 Å². The third kappa shape index (κ3) is 3.67. The minimum atomic E-state index is 0.0125. The van der Waals surface area contributed by atoms with E-state index in [0.29, 0.717) is 35.6 Å². The average molecular weight is 435 g/mol.